The van der Waals surface area contributed by atoms with Crippen molar-refractivity contribution in [2.75, 3.05) is 37.5 Å². The van der Waals surface area contributed by atoms with Gasteiger partial charge in [-0.2, -0.15) is 5.10 Å². The summed E-state index contributed by atoms with van der Waals surface area (Å²) < 4.78 is 26.1. The highest BCUT2D eigenvalue weighted by Gasteiger charge is 2.27. The number of hydrogen-bond acceptors (Lipinski definition) is 7. The van der Waals surface area contributed by atoms with Gasteiger partial charge in [0.05, 0.1) is 36.4 Å². The number of nitrogens with zero attached hydrogens (tertiary/aromatic N) is 5. The second-order valence-corrected chi connectivity index (χ2v) is 9.29. The molecule has 0 aliphatic carbocycles. The molecule has 39 heavy (non-hydrogen) atoms. The van der Waals surface area contributed by atoms with E-state index in [9.17, 15) is 9.18 Å². The van der Waals surface area contributed by atoms with E-state index in [0.717, 1.165) is 30.2 Å². The van der Waals surface area contributed by atoms with Crippen LogP contribution >= 0.6 is 0 Å². The third-order valence-corrected chi connectivity index (χ3v) is 6.71. The average Bonchev–Trinajstić information content (AvgIpc) is 3.52. The summed E-state index contributed by atoms with van der Waals surface area (Å²) >= 11 is 0. The number of anilines is 2. The van der Waals surface area contributed by atoms with Crippen molar-refractivity contribution in [2.45, 2.75) is 12.6 Å². The molecule has 1 fully saturated rings. The molecule has 0 bridgehead atoms. The first-order chi connectivity index (χ1) is 19.0. The number of aromatic amines is 1. The number of rotatable bonds is 8. The number of amides is 1. The molecule has 0 atom stereocenters. The van der Waals surface area contributed by atoms with Gasteiger partial charge >= 0.3 is 0 Å². The second-order valence-electron chi connectivity index (χ2n) is 9.29. The molecule has 2 aromatic carbocycles. The Morgan fingerprint density at radius 3 is 2.64 bits per heavy atom. The summed E-state index contributed by atoms with van der Waals surface area (Å²) in [7, 11) is 3.31. The van der Waals surface area contributed by atoms with Gasteiger partial charge in [0.15, 0.2) is 11.6 Å². The summed E-state index contributed by atoms with van der Waals surface area (Å²) in [5.41, 5.74) is 3.21. The molecule has 0 spiro atoms. The molecule has 1 aliphatic rings. The van der Waals surface area contributed by atoms with Crippen LogP contribution < -0.4 is 15.0 Å². The van der Waals surface area contributed by atoms with Gasteiger partial charge in [0, 0.05) is 32.5 Å². The zero-order valence-corrected chi connectivity index (χ0v) is 21.4. The van der Waals surface area contributed by atoms with E-state index in [4.69, 9.17) is 9.47 Å². The Kier molecular flexibility index (Phi) is 6.41. The Labute approximate surface area is 223 Å². The van der Waals surface area contributed by atoms with E-state index in [1.54, 1.807) is 43.3 Å². The maximum atomic E-state index is 13.8. The zero-order valence-electron chi connectivity index (χ0n) is 21.4. The third-order valence-electron chi connectivity index (χ3n) is 6.71. The molecule has 0 saturated carbocycles. The fraction of sp³-hybridized carbons (Fsp3) is 0.214. The number of aromatic nitrogens is 5. The maximum Gasteiger partial charge on any atom is 0.258 e. The van der Waals surface area contributed by atoms with Crippen LogP contribution in [0.15, 0.2) is 66.9 Å². The number of nitrogens with one attached hydrogen (secondary N) is 2. The van der Waals surface area contributed by atoms with Gasteiger partial charge in [-0.1, -0.05) is 12.1 Å². The van der Waals surface area contributed by atoms with Crippen molar-refractivity contribution in [3.8, 4) is 17.3 Å². The molecule has 0 radical (unpaired) electrons. The number of pyridine rings is 1. The smallest absolute Gasteiger partial charge is 0.258 e. The van der Waals surface area contributed by atoms with Gasteiger partial charge in [0.1, 0.15) is 23.1 Å². The van der Waals surface area contributed by atoms with E-state index in [0.29, 0.717) is 40.5 Å². The lowest BCUT2D eigenvalue weighted by atomic mass is 10.1. The van der Waals surface area contributed by atoms with Crippen LogP contribution in [-0.2, 0) is 11.3 Å². The first-order valence-electron chi connectivity index (χ1n) is 12.4. The largest absolute Gasteiger partial charge is 0.497 e. The number of imidazole rings is 1. The van der Waals surface area contributed by atoms with Crippen molar-refractivity contribution in [3.05, 3.63) is 83.8 Å². The van der Waals surface area contributed by atoms with Gasteiger partial charge in [-0.05, 0) is 48.0 Å². The molecule has 11 heteroatoms. The number of H-pyrrole nitrogens is 1. The first-order valence-corrected chi connectivity index (χ1v) is 12.4. The normalized spacial score (nSPS) is 13.5. The Morgan fingerprint density at radius 1 is 1.10 bits per heavy atom. The zero-order chi connectivity index (χ0) is 26.9. The number of fused-ring (bicyclic) bond motifs is 1. The topological polar surface area (TPSA) is 110 Å². The van der Waals surface area contributed by atoms with Crippen molar-refractivity contribution >= 4 is 28.6 Å². The van der Waals surface area contributed by atoms with Crippen molar-refractivity contribution < 1.29 is 18.7 Å². The molecule has 1 aliphatic heterocycles. The molecule has 2 N–H and O–H groups in total. The van der Waals surface area contributed by atoms with E-state index in [2.05, 4.69) is 30.3 Å². The standard InChI is InChI=1S/C28H26FN7O3/c1-38-20-7-3-17(4-8-20)14-36-24(27-31-22-9-6-19(29)11-23(22)32-27)12-25(34-36)33-28(37)18-5-10-26(30-13-18)35-15-21(16-35)39-2/h3-13,21H,14-16H2,1-2H3,(H,31,32)(H,33,34,37). The number of carbonyl (C=O) groups is 1. The number of halogens is 1. The molecule has 1 saturated heterocycles. The number of benzene rings is 2. The molecule has 1 amide bonds. The van der Waals surface area contributed by atoms with Crippen LogP contribution in [0.5, 0.6) is 5.75 Å². The van der Waals surface area contributed by atoms with Crippen LogP contribution in [0.2, 0.25) is 0 Å². The quantitative estimate of drug-likeness (QED) is 0.313. The van der Waals surface area contributed by atoms with Crippen molar-refractivity contribution in [2.24, 2.45) is 0 Å². The number of ether oxygens (including phenoxy) is 2. The third kappa shape index (κ3) is 5.04. The number of hydrogen-bond donors (Lipinski definition) is 2. The molecule has 198 valence electrons. The monoisotopic (exact) mass is 527 g/mol. The van der Waals surface area contributed by atoms with Crippen LogP contribution in [0.25, 0.3) is 22.6 Å². The SMILES string of the molecule is COc1ccc(Cn2nc(NC(=O)c3ccc(N4CC(OC)C4)nc3)cc2-c2nc3ccc(F)cc3[nH]2)cc1. The van der Waals surface area contributed by atoms with Gasteiger partial charge in [0.25, 0.3) is 5.91 Å². The predicted molar refractivity (Wildman–Crippen MR) is 145 cm³/mol. The molecule has 6 rings (SSSR count). The Hall–Kier alpha value is -4.77. The molecule has 10 nitrogen and oxygen atoms in total. The van der Waals surface area contributed by atoms with E-state index in [-0.39, 0.29) is 17.8 Å². The Balaban J connectivity index is 1.26. The maximum absolute atomic E-state index is 13.8. The highest BCUT2D eigenvalue weighted by Crippen LogP contribution is 2.26. The van der Waals surface area contributed by atoms with Crippen molar-refractivity contribution in [1.29, 1.82) is 0 Å². The van der Waals surface area contributed by atoms with Crippen molar-refractivity contribution in [1.82, 2.24) is 24.7 Å². The lowest BCUT2D eigenvalue weighted by Gasteiger charge is -2.38. The van der Waals surface area contributed by atoms with Crippen LogP contribution in [0.3, 0.4) is 0 Å². The van der Waals surface area contributed by atoms with Gasteiger partial charge in [-0.3, -0.25) is 9.48 Å². The predicted octanol–water partition coefficient (Wildman–Crippen LogP) is 4.10. The van der Waals surface area contributed by atoms with Crippen LogP contribution in [0.1, 0.15) is 15.9 Å². The van der Waals surface area contributed by atoms with Gasteiger partial charge in [0.2, 0.25) is 0 Å². The summed E-state index contributed by atoms with van der Waals surface area (Å²) in [6, 6.07) is 17.3. The van der Waals surface area contributed by atoms with Crippen LogP contribution in [-0.4, -0.2) is 64.1 Å². The second kappa shape index (κ2) is 10.2. The molecule has 0 unspecified atom stereocenters. The van der Waals surface area contributed by atoms with Gasteiger partial charge in [-0.25, -0.2) is 14.4 Å². The minimum atomic E-state index is -0.357. The first kappa shape index (κ1) is 24.6. The van der Waals surface area contributed by atoms with Gasteiger partial charge in [-0.15, -0.1) is 0 Å². The highest BCUT2D eigenvalue weighted by atomic mass is 19.1. The minimum Gasteiger partial charge on any atom is -0.497 e. The molecular formula is C28H26FN7O3. The van der Waals surface area contributed by atoms with E-state index >= 15 is 0 Å². The molecular weight excluding hydrogens is 501 g/mol. The van der Waals surface area contributed by atoms with Crippen LogP contribution in [0.4, 0.5) is 16.0 Å². The molecule has 5 aromatic rings. The summed E-state index contributed by atoms with van der Waals surface area (Å²) in [6.45, 7) is 1.96. The van der Waals surface area contributed by atoms with E-state index in [1.807, 2.05) is 30.3 Å². The number of carbonyl (C=O) groups excluding carboxylic acids is 1. The Bertz CT molecular complexity index is 1620. The lowest BCUT2D eigenvalue weighted by Crippen LogP contribution is -2.52. The Morgan fingerprint density at radius 2 is 1.92 bits per heavy atom. The number of methoxy groups -OCH3 is 2. The fourth-order valence-corrected chi connectivity index (χ4v) is 4.47. The highest BCUT2D eigenvalue weighted by molar-refractivity contribution is 6.03. The summed E-state index contributed by atoms with van der Waals surface area (Å²) in [6.07, 6.45) is 1.76. The summed E-state index contributed by atoms with van der Waals surface area (Å²) in [4.78, 5) is 27.3. The summed E-state index contributed by atoms with van der Waals surface area (Å²) in [5, 5.41) is 7.50. The van der Waals surface area contributed by atoms with E-state index < -0.39 is 0 Å². The average molecular weight is 528 g/mol. The van der Waals surface area contributed by atoms with Gasteiger partial charge < -0.3 is 24.7 Å². The minimum absolute atomic E-state index is 0.211. The van der Waals surface area contributed by atoms with E-state index in [1.165, 1.54) is 12.1 Å². The molecule has 3 aromatic heterocycles. The lowest BCUT2D eigenvalue weighted by molar-refractivity contribution is 0.0783. The van der Waals surface area contributed by atoms with Crippen LogP contribution in [0, 0.1) is 5.82 Å². The fourth-order valence-electron chi connectivity index (χ4n) is 4.47. The summed E-state index contributed by atoms with van der Waals surface area (Å²) in [5.74, 6) is 1.72. The van der Waals surface area contributed by atoms with Crippen molar-refractivity contribution in [3.63, 3.8) is 0 Å². The molecule has 4 heterocycles.